The Morgan fingerprint density at radius 1 is 1.15 bits per heavy atom. The van der Waals surface area contributed by atoms with Crippen molar-refractivity contribution in [2.75, 3.05) is 19.8 Å². The molecular formula is C17H25NO2. The lowest BCUT2D eigenvalue weighted by Gasteiger charge is -2.44. The van der Waals surface area contributed by atoms with Gasteiger partial charge in [0.1, 0.15) is 0 Å². The zero-order chi connectivity index (χ0) is 13.8. The topological polar surface area (TPSA) is 30.5 Å². The first-order valence-corrected chi connectivity index (χ1v) is 7.80. The Balaban J connectivity index is 1.60. The van der Waals surface area contributed by atoms with E-state index in [9.17, 15) is 0 Å². The molecule has 0 aromatic heterocycles. The molecule has 1 unspecified atom stereocenters. The minimum absolute atomic E-state index is 0.0740. The van der Waals surface area contributed by atoms with E-state index in [0.717, 1.165) is 45.5 Å². The number of hydrogen-bond acceptors (Lipinski definition) is 3. The molecule has 110 valence electrons. The van der Waals surface area contributed by atoms with Gasteiger partial charge in [0.2, 0.25) is 0 Å². The van der Waals surface area contributed by atoms with Gasteiger partial charge in [-0.2, -0.15) is 0 Å². The lowest BCUT2D eigenvalue weighted by Crippen LogP contribution is -2.50. The van der Waals surface area contributed by atoms with Gasteiger partial charge in [-0.05, 0) is 38.2 Å². The summed E-state index contributed by atoms with van der Waals surface area (Å²) in [6, 6.07) is 11.6. The third-order valence-corrected chi connectivity index (χ3v) is 4.68. The van der Waals surface area contributed by atoms with Gasteiger partial charge in [0.25, 0.3) is 0 Å². The molecule has 3 rings (SSSR count). The molecule has 1 spiro atoms. The monoisotopic (exact) mass is 275 g/mol. The van der Waals surface area contributed by atoms with Crippen LogP contribution in [0.1, 0.15) is 44.2 Å². The number of ether oxygens (including phenoxy) is 2. The fraction of sp³-hybridized carbons (Fsp3) is 0.647. The molecule has 2 fully saturated rings. The predicted molar refractivity (Wildman–Crippen MR) is 79.8 cm³/mol. The SMILES string of the molecule is C[C@@H](NC1CCOC2(CCOCC2)C1)c1ccccc1. The quantitative estimate of drug-likeness (QED) is 0.919. The molecule has 2 saturated heterocycles. The highest BCUT2D eigenvalue weighted by Gasteiger charge is 2.39. The first-order chi connectivity index (χ1) is 9.77. The predicted octanol–water partition coefficient (Wildman–Crippen LogP) is 3.07. The van der Waals surface area contributed by atoms with Gasteiger partial charge in [0.05, 0.1) is 5.60 Å². The van der Waals surface area contributed by atoms with E-state index < -0.39 is 0 Å². The van der Waals surface area contributed by atoms with Crippen molar-refractivity contribution >= 4 is 0 Å². The van der Waals surface area contributed by atoms with Crippen LogP contribution in [0.15, 0.2) is 30.3 Å². The van der Waals surface area contributed by atoms with Crippen LogP contribution >= 0.6 is 0 Å². The maximum Gasteiger partial charge on any atom is 0.0741 e. The summed E-state index contributed by atoms with van der Waals surface area (Å²) >= 11 is 0. The molecule has 3 heteroatoms. The Labute approximate surface area is 121 Å². The van der Waals surface area contributed by atoms with Crippen LogP contribution in [0, 0.1) is 0 Å². The number of benzene rings is 1. The van der Waals surface area contributed by atoms with Gasteiger partial charge < -0.3 is 14.8 Å². The summed E-state index contributed by atoms with van der Waals surface area (Å²) < 4.78 is 11.6. The normalized spacial score (nSPS) is 27.4. The summed E-state index contributed by atoms with van der Waals surface area (Å²) in [5.41, 5.74) is 1.44. The van der Waals surface area contributed by atoms with Crippen molar-refractivity contribution in [3.63, 3.8) is 0 Å². The Hall–Kier alpha value is -0.900. The zero-order valence-electron chi connectivity index (χ0n) is 12.3. The molecule has 20 heavy (non-hydrogen) atoms. The van der Waals surface area contributed by atoms with Crippen LogP contribution in [0.2, 0.25) is 0 Å². The van der Waals surface area contributed by atoms with Crippen molar-refractivity contribution in [2.24, 2.45) is 0 Å². The molecule has 1 aromatic carbocycles. The maximum absolute atomic E-state index is 6.10. The van der Waals surface area contributed by atoms with Crippen molar-refractivity contribution in [3.8, 4) is 0 Å². The van der Waals surface area contributed by atoms with Crippen molar-refractivity contribution in [1.82, 2.24) is 5.32 Å². The van der Waals surface area contributed by atoms with Crippen LogP contribution < -0.4 is 5.32 Å². The molecule has 2 aliphatic rings. The molecule has 1 aromatic rings. The second kappa shape index (κ2) is 6.25. The Bertz CT molecular complexity index is 409. The van der Waals surface area contributed by atoms with Crippen molar-refractivity contribution in [1.29, 1.82) is 0 Å². The van der Waals surface area contributed by atoms with Crippen LogP contribution in [0.4, 0.5) is 0 Å². The van der Waals surface area contributed by atoms with Gasteiger partial charge in [-0.1, -0.05) is 30.3 Å². The van der Waals surface area contributed by atoms with Gasteiger partial charge in [-0.15, -0.1) is 0 Å². The number of nitrogens with one attached hydrogen (secondary N) is 1. The van der Waals surface area contributed by atoms with Crippen LogP contribution in [-0.2, 0) is 9.47 Å². The van der Waals surface area contributed by atoms with E-state index in [2.05, 4.69) is 42.6 Å². The molecule has 0 saturated carbocycles. The van der Waals surface area contributed by atoms with E-state index in [1.807, 2.05) is 0 Å². The minimum Gasteiger partial charge on any atom is -0.381 e. The Kier molecular flexibility index (Phi) is 4.39. The first-order valence-electron chi connectivity index (χ1n) is 7.80. The summed E-state index contributed by atoms with van der Waals surface area (Å²) in [5, 5.41) is 3.79. The van der Waals surface area contributed by atoms with E-state index in [1.54, 1.807) is 0 Å². The number of rotatable bonds is 3. The van der Waals surface area contributed by atoms with Crippen molar-refractivity contribution in [2.45, 2.75) is 50.3 Å². The van der Waals surface area contributed by atoms with Crippen LogP contribution in [-0.4, -0.2) is 31.5 Å². The van der Waals surface area contributed by atoms with Crippen LogP contribution in [0.5, 0.6) is 0 Å². The maximum atomic E-state index is 6.10. The summed E-state index contributed by atoms with van der Waals surface area (Å²) in [5.74, 6) is 0. The van der Waals surface area contributed by atoms with Gasteiger partial charge >= 0.3 is 0 Å². The second-order valence-corrected chi connectivity index (χ2v) is 6.13. The smallest absolute Gasteiger partial charge is 0.0741 e. The molecule has 2 aliphatic heterocycles. The minimum atomic E-state index is 0.0740. The fourth-order valence-corrected chi connectivity index (χ4v) is 3.45. The van der Waals surface area contributed by atoms with Crippen molar-refractivity contribution in [3.05, 3.63) is 35.9 Å². The highest BCUT2D eigenvalue weighted by Crippen LogP contribution is 2.34. The van der Waals surface area contributed by atoms with Gasteiger partial charge in [-0.25, -0.2) is 0 Å². The average Bonchev–Trinajstić information content (AvgIpc) is 2.49. The molecule has 0 aliphatic carbocycles. The number of hydrogen-bond donors (Lipinski definition) is 1. The van der Waals surface area contributed by atoms with Crippen LogP contribution in [0.3, 0.4) is 0 Å². The summed E-state index contributed by atoms with van der Waals surface area (Å²) in [4.78, 5) is 0. The van der Waals surface area contributed by atoms with E-state index >= 15 is 0 Å². The largest absolute Gasteiger partial charge is 0.381 e. The summed E-state index contributed by atoms with van der Waals surface area (Å²) in [6.45, 7) is 4.82. The Morgan fingerprint density at radius 2 is 1.90 bits per heavy atom. The third-order valence-electron chi connectivity index (χ3n) is 4.68. The summed E-state index contributed by atoms with van der Waals surface area (Å²) in [6.07, 6.45) is 4.32. The zero-order valence-corrected chi connectivity index (χ0v) is 12.3. The highest BCUT2D eigenvalue weighted by molar-refractivity contribution is 5.18. The molecule has 0 radical (unpaired) electrons. The molecule has 1 N–H and O–H groups in total. The van der Waals surface area contributed by atoms with Crippen molar-refractivity contribution < 1.29 is 9.47 Å². The molecule has 0 bridgehead atoms. The molecule has 2 heterocycles. The average molecular weight is 275 g/mol. The molecular weight excluding hydrogens is 250 g/mol. The summed E-state index contributed by atoms with van der Waals surface area (Å²) in [7, 11) is 0. The Morgan fingerprint density at radius 3 is 2.65 bits per heavy atom. The van der Waals surface area contributed by atoms with E-state index in [4.69, 9.17) is 9.47 Å². The third kappa shape index (κ3) is 3.22. The lowest BCUT2D eigenvalue weighted by atomic mass is 9.83. The fourth-order valence-electron chi connectivity index (χ4n) is 3.45. The highest BCUT2D eigenvalue weighted by atomic mass is 16.5. The van der Waals surface area contributed by atoms with Gasteiger partial charge in [0, 0.05) is 31.9 Å². The van der Waals surface area contributed by atoms with Gasteiger partial charge in [0.15, 0.2) is 0 Å². The lowest BCUT2D eigenvalue weighted by molar-refractivity contribution is -0.140. The standard InChI is InChI=1S/C17H25NO2/c1-14(15-5-3-2-4-6-15)18-16-7-10-20-17(13-16)8-11-19-12-9-17/h2-6,14,16,18H,7-13H2,1H3/t14-,16?/m1/s1. The van der Waals surface area contributed by atoms with E-state index in [0.29, 0.717) is 12.1 Å². The molecule has 2 atom stereocenters. The second-order valence-electron chi connectivity index (χ2n) is 6.13. The first kappa shape index (κ1) is 14.1. The van der Waals surface area contributed by atoms with E-state index in [1.165, 1.54) is 5.56 Å². The van der Waals surface area contributed by atoms with Gasteiger partial charge in [-0.3, -0.25) is 0 Å². The van der Waals surface area contributed by atoms with Crippen LogP contribution in [0.25, 0.3) is 0 Å². The molecule has 3 nitrogen and oxygen atoms in total. The molecule has 0 amide bonds. The van der Waals surface area contributed by atoms with E-state index in [-0.39, 0.29) is 5.60 Å².